The average molecular weight is 696 g/mol. The Morgan fingerprint density at radius 1 is 0.940 bits per heavy atom. The van der Waals surface area contributed by atoms with Gasteiger partial charge in [0.1, 0.15) is 5.75 Å². The van der Waals surface area contributed by atoms with Crippen LogP contribution in [0, 0.1) is 5.92 Å². The third-order valence-electron chi connectivity index (χ3n) is 9.67. The number of hydrogen-bond donors (Lipinski definition) is 4. The van der Waals surface area contributed by atoms with E-state index in [0.717, 1.165) is 44.9 Å². The Balaban J connectivity index is 1.34. The van der Waals surface area contributed by atoms with E-state index in [1.54, 1.807) is 60.2 Å². The zero-order valence-corrected chi connectivity index (χ0v) is 29.7. The molecule has 4 atom stereocenters. The molecule has 13 heteroatoms. The van der Waals surface area contributed by atoms with Gasteiger partial charge in [0.15, 0.2) is 11.5 Å². The van der Waals surface area contributed by atoms with Gasteiger partial charge in [-0.1, -0.05) is 26.2 Å². The summed E-state index contributed by atoms with van der Waals surface area (Å²) in [5.41, 5.74) is 1.18. The molecule has 5 rings (SSSR count). The van der Waals surface area contributed by atoms with Crippen molar-refractivity contribution < 1.29 is 38.4 Å². The highest BCUT2D eigenvalue weighted by atomic mass is 16.7. The smallest absolute Gasteiger partial charge is 0.323 e. The van der Waals surface area contributed by atoms with E-state index in [0.29, 0.717) is 41.8 Å². The van der Waals surface area contributed by atoms with Gasteiger partial charge in [-0.25, -0.2) is 9.59 Å². The molecule has 13 nitrogen and oxygen atoms in total. The topological polar surface area (TPSA) is 151 Å². The number of fused-ring (bicyclic) bond motifs is 2. The normalized spacial score (nSPS) is 22.4. The van der Waals surface area contributed by atoms with E-state index in [2.05, 4.69) is 16.0 Å². The number of nitrogens with one attached hydrogen (secondary N) is 3. The fourth-order valence-corrected chi connectivity index (χ4v) is 6.62. The molecule has 0 saturated heterocycles. The molecule has 0 unspecified atom stereocenters. The maximum absolute atomic E-state index is 14.4. The molecule has 4 N–H and O–H groups in total. The van der Waals surface area contributed by atoms with Crippen LogP contribution >= 0.6 is 0 Å². The quantitative estimate of drug-likeness (QED) is 0.283. The van der Waals surface area contributed by atoms with Crippen LogP contribution in [0.2, 0.25) is 0 Å². The molecule has 2 aromatic rings. The van der Waals surface area contributed by atoms with Crippen molar-refractivity contribution >= 4 is 29.3 Å². The van der Waals surface area contributed by atoms with Crippen LogP contribution in [-0.4, -0.2) is 97.3 Å². The van der Waals surface area contributed by atoms with Crippen LogP contribution in [0.25, 0.3) is 0 Å². The third-order valence-corrected chi connectivity index (χ3v) is 9.67. The Kier molecular flexibility index (Phi) is 13.1. The Morgan fingerprint density at radius 3 is 2.36 bits per heavy atom. The summed E-state index contributed by atoms with van der Waals surface area (Å²) in [4.78, 5) is 43.9. The first-order chi connectivity index (χ1) is 24.1. The van der Waals surface area contributed by atoms with Gasteiger partial charge in [0.25, 0.3) is 5.91 Å². The standard InChI is InChI=1S/C37H53N5O8/c1-24-20-42(25(2)22-43)35(44)30-18-28(38-36(45)39-29-14-16-32-33(19-29)49-23-48-32)13-15-31(30)50-26(3)10-8-9-17-47-34(24)21-41(4)37(46)40-27-11-6-5-7-12-27/h13-16,18-19,24-27,34,43H,5-12,17,20-23H2,1-4H3,(H,40,46)(H2,38,39,45)/t24-,25+,26+,34-/m1/s1. The zero-order chi connectivity index (χ0) is 35.6. The highest BCUT2D eigenvalue weighted by molar-refractivity contribution is 6.02. The summed E-state index contributed by atoms with van der Waals surface area (Å²) in [5, 5.41) is 19.1. The maximum atomic E-state index is 14.4. The zero-order valence-electron chi connectivity index (χ0n) is 29.7. The van der Waals surface area contributed by atoms with E-state index in [-0.39, 0.29) is 61.6 Å². The van der Waals surface area contributed by atoms with Crippen molar-refractivity contribution in [2.45, 2.75) is 96.4 Å². The maximum Gasteiger partial charge on any atom is 0.323 e. The molecule has 1 aliphatic carbocycles. The molecule has 5 amide bonds. The van der Waals surface area contributed by atoms with Gasteiger partial charge in [-0.15, -0.1) is 0 Å². The molecule has 2 heterocycles. The summed E-state index contributed by atoms with van der Waals surface area (Å²) in [6.45, 7) is 6.77. The largest absolute Gasteiger partial charge is 0.490 e. The summed E-state index contributed by atoms with van der Waals surface area (Å²) in [6.07, 6.45) is 7.35. The monoisotopic (exact) mass is 695 g/mol. The number of ether oxygens (including phenoxy) is 4. The number of urea groups is 2. The third kappa shape index (κ3) is 9.94. The van der Waals surface area contributed by atoms with Crippen LogP contribution in [0.5, 0.6) is 17.2 Å². The molecule has 0 bridgehead atoms. The molecule has 0 aromatic heterocycles. The summed E-state index contributed by atoms with van der Waals surface area (Å²) in [7, 11) is 1.78. The summed E-state index contributed by atoms with van der Waals surface area (Å²) in [5.74, 6) is 1.02. The van der Waals surface area contributed by atoms with Gasteiger partial charge >= 0.3 is 12.1 Å². The van der Waals surface area contributed by atoms with E-state index < -0.39 is 12.1 Å². The molecule has 1 saturated carbocycles. The van der Waals surface area contributed by atoms with E-state index in [4.69, 9.17) is 18.9 Å². The minimum atomic E-state index is -0.526. The first-order valence-corrected chi connectivity index (χ1v) is 17.9. The molecule has 2 aromatic carbocycles. The van der Waals surface area contributed by atoms with E-state index >= 15 is 0 Å². The number of nitrogens with zero attached hydrogens (tertiary/aromatic N) is 2. The van der Waals surface area contributed by atoms with Gasteiger partial charge in [0.2, 0.25) is 6.79 Å². The molecule has 2 aliphatic heterocycles. The Hall–Kier alpha value is -4.23. The second kappa shape index (κ2) is 17.6. The SMILES string of the molecule is C[C@@H]1CN([C@@H](C)CO)C(=O)c2cc(NC(=O)Nc3ccc4c(c3)OCO4)ccc2O[C@@H](C)CCCCO[C@@H]1CN(C)C(=O)NC1CCCCC1. The molecule has 3 aliphatic rings. The van der Waals surface area contributed by atoms with Gasteiger partial charge in [-0.2, -0.15) is 0 Å². The minimum absolute atomic E-state index is 0.119. The molecular formula is C37H53N5O8. The van der Waals surface area contributed by atoms with Gasteiger partial charge in [-0.05, 0) is 76.3 Å². The van der Waals surface area contributed by atoms with Gasteiger partial charge in [0.05, 0.1) is 30.4 Å². The number of aliphatic hydroxyl groups excluding tert-OH is 1. The van der Waals surface area contributed by atoms with Crippen molar-refractivity contribution in [1.82, 2.24) is 15.1 Å². The lowest BCUT2D eigenvalue weighted by Crippen LogP contribution is -2.50. The number of benzene rings is 2. The first-order valence-electron chi connectivity index (χ1n) is 17.9. The first kappa shape index (κ1) is 37.0. The second-order valence-corrected chi connectivity index (χ2v) is 13.8. The number of hydrogen-bond acceptors (Lipinski definition) is 8. The highest BCUT2D eigenvalue weighted by Gasteiger charge is 2.31. The van der Waals surface area contributed by atoms with Gasteiger partial charge in [0, 0.05) is 56.1 Å². The predicted molar refractivity (Wildman–Crippen MR) is 190 cm³/mol. The van der Waals surface area contributed by atoms with E-state index in [1.807, 2.05) is 13.8 Å². The molecule has 1 fully saturated rings. The number of anilines is 2. The van der Waals surface area contributed by atoms with Crippen LogP contribution in [-0.2, 0) is 4.74 Å². The summed E-state index contributed by atoms with van der Waals surface area (Å²) < 4.78 is 23.5. The highest BCUT2D eigenvalue weighted by Crippen LogP contribution is 2.34. The number of amides is 5. The van der Waals surface area contributed by atoms with Gasteiger partial charge in [-0.3, -0.25) is 4.79 Å². The van der Waals surface area contributed by atoms with Crippen molar-refractivity contribution in [3.05, 3.63) is 42.0 Å². The van der Waals surface area contributed by atoms with E-state index in [9.17, 15) is 19.5 Å². The number of carbonyl (C=O) groups excluding carboxylic acids is 3. The molecule has 0 radical (unpaired) electrons. The number of likely N-dealkylation sites (N-methyl/N-ethyl adjacent to an activating group) is 1. The van der Waals surface area contributed by atoms with Crippen LogP contribution in [0.4, 0.5) is 21.0 Å². The Morgan fingerprint density at radius 2 is 1.62 bits per heavy atom. The molecule has 274 valence electrons. The minimum Gasteiger partial charge on any atom is -0.490 e. The molecular weight excluding hydrogens is 642 g/mol. The lowest BCUT2D eigenvalue weighted by atomic mass is 9.96. The van der Waals surface area contributed by atoms with Gasteiger partial charge < -0.3 is 49.8 Å². The lowest BCUT2D eigenvalue weighted by Gasteiger charge is -2.36. The van der Waals surface area contributed by atoms with Crippen LogP contribution in [0.1, 0.15) is 82.5 Å². The number of rotatable bonds is 7. The predicted octanol–water partition coefficient (Wildman–Crippen LogP) is 5.83. The lowest BCUT2D eigenvalue weighted by molar-refractivity contribution is -0.0123. The Bertz CT molecular complexity index is 1470. The average Bonchev–Trinajstić information content (AvgIpc) is 3.58. The number of carbonyl (C=O) groups is 3. The van der Waals surface area contributed by atoms with Crippen molar-refractivity contribution in [3.63, 3.8) is 0 Å². The fraction of sp³-hybridized carbons (Fsp3) is 0.595. The molecule has 0 spiro atoms. The summed E-state index contributed by atoms with van der Waals surface area (Å²) in [6, 6.07) is 9.15. The van der Waals surface area contributed by atoms with Crippen molar-refractivity contribution in [1.29, 1.82) is 0 Å². The molecule has 50 heavy (non-hydrogen) atoms. The van der Waals surface area contributed by atoms with E-state index in [1.165, 1.54) is 6.42 Å². The van der Waals surface area contributed by atoms with Crippen LogP contribution in [0.3, 0.4) is 0 Å². The second-order valence-electron chi connectivity index (χ2n) is 13.8. The van der Waals surface area contributed by atoms with Crippen molar-refractivity contribution in [3.8, 4) is 17.2 Å². The summed E-state index contributed by atoms with van der Waals surface area (Å²) >= 11 is 0. The van der Waals surface area contributed by atoms with Crippen LogP contribution < -0.4 is 30.2 Å². The fourth-order valence-electron chi connectivity index (χ4n) is 6.62. The van der Waals surface area contributed by atoms with Crippen molar-refractivity contribution in [2.24, 2.45) is 5.92 Å². The van der Waals surface area contributed by atoms with Crippen LogP contribution in [0.15, 0.2) is 36.4 Å². The Labute approximate surface area is 294 Å². The van der Waals surface area contributed by atoms with Crippen molar-refractivity contribution in [2.75, 3.05) is 50.8 Å². The number of aliphatic hydroxyl groups is 1.